The van der Waals surface area contributed by atoms with E-state index in [4.69, 9.17) is 19.4 Å². The van der Waals surface area contributed by atoms with Gasteiger partial charge in [0.05, 0.1) is 26.2 Å². The van der Waals surface area contributed by atoms with E-state index in [9.17, 15) is 4.79 Å². The lowest BCUT2D eigenvalue weighted by molar-refractivity contribution is -0.133. The molecule has 0 bridgehead atoms. The maximum absolute atomic E-state index is 12.7. The summed E-state index contributed by atoms with van der Waals surface area (Å²) in [5, 5.41) is 0. The number of hydrogen-bond acceptors (Lipinski definition) is 6. The molecule has 2 aliphatic rings. The summed E-state index contributed by atoms with van der Waals surface area (Å²) in [7, 11) is 3.35. The highest BCUT2D eigenvalue weighted by Gasteiger charge is 2.33. The lowest BCUT2D eigenvalue weighted by atomic mass is 10.0. The van der Waals surface area contributed by atoms with Crippen molar-refractivity contribution in [3.8, 4) is 5.75 Å². The van der Waals surface area contributed by atoms with Crippen LogP contribution in [0, 0.1) is 6.92 Å². The number of anilines is 1. The van der Waals surface area contributed by atoms with Crippen LogP contribution in [0.2, 0.25) is 0 Å². The number of ether oxygens (including phenoxy) is 2. The summed E-state index contributed by atoms with van der Waals surface area (Å²) in [6, 6.07) is 8.16. The average Bonchev–Trinajstić information content (AvgIpc) is 3.31. The number of fused-ring (bicyclic) bond motifs is 1. The standard InChI is InChI=1S/C25H34N4O3/c1-18-20-9-6-14-28(16-12-19-8-4-5-11-22(19)32-3)25(20)27-24(26-18)21-10-7-15-29(21)23(30)13-17-31-2/h4-5,8,11,21H,6-7,9-10,12-17H2,1-3H3/t21-/m1/s1. The smallest absolute Gasteiger partial charge is 0.225 e. The van der Waals surface area contributed by atoms with Crippen molar-refractivity contribution in [1.29, 1.82) is 0 Å². The first-order valence-corrected chi connectivity index (χ1v) is 11.6. The van der Waals surface area contributed by atoms with Crippen molar-refractivity contribution in [2.24, 2.45) is 0 Å². The second-order valence-electron chi connectivity index (χ2n) is 8.61. The Labute approximate surface area is 190 Å². The maximum atomic E-state index is 12.7. The van der Waals surface area contributed by atoms with E-state index in [0.717, 1.165) is 74.8 Å². The topological polar surface area (TPSA) is 67.8 Å². The molecule has 32 heavy (non-hydrogen) atoms. The van der Waals surface area contributed by atoms with E-state index < -0.39 is 0 Å². The summed E-state index contributed by atoms with van der Waals surface area (Å²) in [6.45, 7) is 5.16. The fraction of sp³-hybridized carbons (Fsp3) is 0.560. The SMILES string of the molecule is COCCC(=O)N1CCC[C@@H]1c1nc(C)c2c(n1)N(CCc1ccccc1OC)CCC2. The quantitative estimate of drug-likeness (QED) is 0.629. The molecule has 0 saturated carbocycles. The van der Waals surface area contributed by atoms with Gasteiger partial charge in [0.15, 0.2) is 5.82 Å². The van der Waals surface area contributed by atoms with Gasteiger partial charge < -0.3 is 19.3 Å². The second-order valence-corrected chi connectivity index (χ2v) is 8.61. The van der Waals surface area contributed by atoms with Crippen LogP contribution in [-0.2, 0) is 22.4 Å². The molecule has 3 heterocycles. The largest absolute Gasteiger partial charge is 0.496 e. The Morgan fingerprint density at radius 1 is 1.16 bits per heavy atom. The minimum absolute atomic E-state index is 0.0404. The molecule has 1 aromatic heterocycles. The van der Waals surface area contributed by atoms with E-state index in [1.54, 1.807) is 14.2 Å². The minimum atomic E-state index is -0.0404. The van der Waals surface area contributed by atoms with Gasteiger partial charge in [0, 0.05) is 38.0 Å². The van der Waals surface area contributed by atoms with Gasteiger partial charge in [-0.2, -0.15) is 0 Å². The van der Waals surface area contributed by atoms with Crippen molar-refractivity contribution in [1.82, 2.24) is 14.9 Å². The second kappa shape index (κ2) is 10.3. The molecule has 7 nitrogen and oxygen atoms in total. The number of methoxy groups -OCH3 is 2. The fourth-order valence-corrected chi connectivity index (χ4v) is 4.91. The van der Waals surface area contributed by atoms with Crippen molar-refractivity contribution < 1.29 is 14.3 Å². The Hall–Kier alpha value is -2.67. The van der Waals surface area contributed by atoms with Gasteiger partial charge in [-0.05, 0) is 50.7 Å². The van der Waals surface area contributed by atoms with Gasteiger partial charge in [-0.15, -0.1) is 0 Å². The number of benzene rings is 1. The van der Waals surface area contributed by atoms with E-state index in [1.165, 1.54) is 11.1 Å². The highest BCUT2D eigenvalue weighted by molar-refractivity contribution is 5.77. The zero-order chi connectivity index (χ0) is 22.5. The minimum Gasteiger partial charge on any atom is -0.496 e. The predicted octanol–water partition coefficient (Wildman–Crippen LogP) is 3.49. The van der Waals surface area contributed by atoms with Crippen LogP contribution in [0.5, 0.6) is 5.75 Å². The van der Waals surface area contributed by atoms with Gasteiger partial charge in [-0.3, -0.25) is 4.79 Å². The van der Waals surface area contributed by atoms with Gasteiger partial charge in [-0.25, -0.2) is 9.97 Å². The summed E-state index contributed by atoms with van der Waals surface area (Å²) in [5.41, 5.74) is 3.50. The van der Waals surface area contributed by atoms with Crippen LogP contribution in [0.1, 0.15) is 54.4 Å². The van der Waals surface area contributed by atoms with Crippen LogP contribution in [0.25, 0.3) is 0 Å². The Kier molecular flexibility index (Phi) is 7.25. The molecule has 2 aromatic rings. The number of likely N-dealkylation sites (tertiary alicyclic amines) is 1. The monoisotopic (exact) mass is 438 g/mol. The Bertz CT molecular complexity index is 949. The van der Waals surface area contributed by atoms with Gasteiger partial charge >= 0.3 is 0 Å². The number of amides is 1. The number of para-hydroxylation sites is 1. The van der Waals surface area contributed by atoms with Gasteiger partial charge in [0.2, 0.25) is 5.91 Å². The van der Waals surface area contributed by atoms with Crippen LogP contribution in [0.15, 0.2) is 24.3 Å². The molecule has 1 fully saturated rings. The van der Waals surface area contributed by atoms with Crippen LogP contribution in [0.3, 0.4) is 0 Å². The predicted molar refractivity (Wildman–Crippen MR) is 124 cm³/mol. The van der Waals surface area contributed by atoms with E-state index >= 15 is 0 Å². The van der Waals surface area contributed by atoms with Crippen molar-refractivity contribution in [3.63, 3.8) is 0 Å². The molecule has 2 aliphatic heterocycles. The Morgan fingerprint density at radius 3 is 2.81 bits per heavy atom. The van der Waals surface area contributed by atoms with Crippen molar-refractivity contribution >= 4 is 11.7 Å². The van der Waals surface area contributed by atoms with Gasteiger partial charge in [0.25, 0.3) is 0 Å². The summed E-state index contributed by atoms with van der Waals surface area (Å²) in [4.78, 5) is 27.0. The molecule has 0 aliphatic carbocycles. The van der Waals surface area contributed by atoms with E-state index in [0.29, 0.717) is 13.0 Å². The van der Waals surface area contributed by atoms with E-state index in [1.807, 2.05) is 17.0 Å². The summed E-state index contributed by atoms with van der Waals surface area (Å²) in [6.07, 6.45) is 5.31. The number of hydrogen-bond donors (Lipinski definition) is 0. The molecular formula is C25H34N4O3. The zero-order valence-corrected chi connectivity index (χ0v) is 19.5. The highest BCUT2D eigenvalue weighted by atomic mass is 16.5. The molecule has 0 spiro atoms. The number of carbonyl (C=O) groups is 1. The third-order valence-corrected chi connectivity index (χ3v) is 6.60. The zero-order valence-electron chi connectivity index (χ0n) is 19.5. The molecule has 0 unspecified atom stereocenters. The number of nitrogens with zero attached hydrogens (tertiary/aromatic N) is 4. The Morgan fingerprint density at radius 2 is 2.00 bits per heavy atom. The molecule has 1 amide bonds. The molecule has 0 N–H and O–H groups in total. The number of rotatable bonds is 8. The molecule has 4 rings (SSSR count). The Balaban J connectivity index is 1.56. The molecule has 0 radical (unpaired) electrons. The summed E-state index contributed by atoms with van der Waals surface area (Å²) in [5.74, 6) is 2.89. The van der Waals surface area contributed by atoms with Crippen LogP contribution >= 0.6 is 0 Å². The first-order chi connectivity index (χ1) is 15.6. The lowest BCUT2D eigenvalue weighted by Gasteiger charge is -2.32. The number of aryl methyl sites for hydroxylation is 1. The lowest BCUT2D eigenvalue weighted by Crippen LogP contribution is -2.35. The first kappa shape index (κ1) is 22.5. The maximum Gasteiger partial charge on any atom is 0.225 e. The van der Waals surface area contributed by atoms with E-state index in [2.05, 4.69) is 24.0 Å². The number of aromatic nitrogens is 2. The molecule has 1 atom stereocenters. The summed E-state index contributed by atoms with van der Waals surface area (Å²) >= 11 is 0. The molecule has 1 aromatic carbocycles. The summed E-state index contributed by atoms with van der Waals surface area (Å²) < 4.78 is 10.6. The molecule has 172 valence electrons. The third-order valence-electron chi connectivity index (χ3n) is 6.60. The van der Waals surface area contributed by atoms with Crippen LogP contribution in [-0.4, -0.2) is 61.2 Å². The van der Waals surface area contributed by atoms with Crippen molar-refractivity contribution in [2.45, 2.75) is 51.5 Å². The normalized spacial score (nSPS) is 18.0. The van der Waals surface area contributed by atoms with Gasteiger partial charge in [0.1, 0.15) is 11.6 Å². The van der Waals surface area contributed by atoms with Crippen molar-refractivity contribution in [2.75, 3.05) is 45.4 Å². The van der Waals surface area contributed by atoms with Gasteiger partial charge in [-0.1, -0.05) is 18.2 Å². The molecule has 1 saturated heterocycles. The van der Waals surface area contributed by atoms with E-state index in [-0.39, 0.29) is 11.9 Å². The number of carbonyl (C=O) groups excluding carboxylic acids is 1. The van der Waals surface area contributed by atoms with Crippen LogP contribution < -0.4 is 9.64 Å². The average molecular weight is 439 g/mol. The fourth-order valence-electron chi connectivity index (χ4n) is 4.91. The van der Waals surface area contributed by atoms with Crippen molar-refractivity contribution in [3.05, 3.63) is 46.9 Å². The van der Waals surface area contributed by atoms with Crippen LogP contribution in [0.4, 0.5) is 5.82 Å². The highest BCUT2D eigenvalue weighted by Crippen LogP contribution is 2.34. The first-order valence-electron chi connectivity index (χ1n) is 11.6. The molecular weight excluding hydrogens is 404 g/mol. The molecule has 7 heteroatoms. The third kappa shape index (κ3) is 4.72.